The van der Waals surface area contributed by atoms with Crippen molar-refractivity contribution >= 4 is 15.7 Å². The van der Waals surface area contributed by atoms with E-state index in [1.54, 1.807) is 18.2 Å². The van der Waals surface area contributed by atoms with Gasteiger partial charge in [0.1, 0.15) is 4.90 Å². The fourth-order valence-corrected chi connectivity index (χ4v) is 3.21. The fourth-order valence-electron chi connectivity index (χ4n) is 2.46. The van der Waals surface area contributed by atoms with E-state index >= 15 is 0 Å². The van der Waals surface area contributed by atoms with Crippen molar-refractivity contribution in [3.8, 4) is 0 Å². The Morgan fingerprint density at radius 3 is 2.50 bits per heavy atom. The maximum atomic E-state index is 11.6. The van der Waals surface area contributed by atoms with Gasteiger partial charge in [0.2, 0.25) is 10.0 Å². The molecule has 7 heteroatoms. The van der Waals surface area contributed by atoms with Crippen LogP contribution in [0.2, 0.25) is 0 Å². The smallest absolute Gasteiger partial charge is 0.240 e. The van der Waals surface area contributed by atoms with E-state index in [1.165, 1.54) is 0 Å². The predicted molar refractivity (Wildman–Crippen MR) is 78.1 cm³/mol. The Morgan fingerprint density at radius 2 is 1.90 bits per heavy atom. The number of anilines is 1. The molecule has 112 valence electrons. The molecule has 4 N–H and O–H groups in total. The number of nitrogens with zero attached hydrogens (tertiary/aromatic N) is 1. The average Bonchev–Trinajstić information content (AvgIpc) is 2.45. The summed E-state index contributed by atoms with van der Waals surface area (Å²) in [6, 6.07) is 6.84. The van der Waals surface area contributed by atoms with Crippen molar-refractivity contribution in [1.29, 1.82) is 0 Å². The Bertz CT molecular complexity index is 540. The van der Waals surface area contributed by atoms with Crippen LogP contribution in [0.15, 0.2) is 29.2 Å². The molecule has 1 saturated heterocycles. The van der Waals surface area contributed by atoms with Crippen molar-refractivity contribution in [2.45, 2.75) is 23.8 Å². The number of sulfonamides is 1. The molecule has 0 bridgehead atoms. The van der Waals surface area contributed by atoms with Crippen LogP contribution < -0.4 is 15.8 Å². The van der Waals surface area contributed by atoms with Crippen LogP contribution in [0, 0.1) is 0 Å². The molecule has 1 aliphatic rings. The van der Waals surface area contributed by atoms with Gasteiger partial charge in [0.15, 0.2) is 0 Å². The number of hydrogen-bond acceptors (Lipinski definition) is 5. The van der Waals surface area contributed by atoms with Crippen LogP contribution >= 0.6 is 0 Å². The summed E-state index contributed by atoms with van der Waals surface area (Å²) in [6.45, 7) is 2.59. The Kier molecular flexibility index (Phi) is 4.98. The molecule has 0 amide bonds. The Balaban J connectivity index is 2.08. The lowest BCUT2D eigenvalue weighted by Crippen LogP contribution is -2.38. The molecule has 0 radical (unpaired) electrons. The van der Waals surface area contributed by atoms with Gasteiger partial charge < -0.3 is 15.4 Å². The van der Waals surface area contributed by atoms with Crippen LogP contribution in [0.4, 0.5) is 5.69 Å². The van der Waals surface area contributed by atoms with Gasteiger partial charge in [0.25, 0.3) is 0 Å². The summed E-state index contributed by atoms with van der Waals surface area (Å²) in [5, 5.41) is 5.26. The van der Waals surface area contributed by atoms with Gasteiger partial charge in [-0.1, -0.05) is 12.1 Å². The molecule has 1 aromatic carbocycles. The first kappa shape index (κ1) is 15.2. The van der Waals surface area contributed by atoms with Crippen molar-refractivity contribution < 1.29 is 13.2 Å². The fraction of sp³-hybridized carbons (Fsp3) is 0.538. The monoisotopic (exact) mass is 299 g/mol. The third-order valence-electron chi connectivity index (χ3n) is 3.43. The van der Waals surface area contributed by atoms with Crippen molar-refractivity contribution in [2.75, 3.05) is 31.1 Å². The van der Waals surface area contributed by atoms with E-state index in [1.807, 2.05) is 11.0 Å². The number of nitrogens with two attached hydrogens (primary N) is 2. The van der Waals surface area contributed by atoms with Crippen LogP contribution in [-0.2, 0) is 14.8 Å². The van der Waals surface area contributed by atoms with E-state index in [0.717, 1.165) is 25.9 Å². The molecule has 1 aromatic rings. The molecule has 0 aromatic heterocycles. The number of rotatable bonds is 5. The average molecular weight is 299 g/mol. The molecule has 20 heavy (non-hydrogen) atoms. The number of hydrogen-bond donors (Lipinski definition) is 2. The maximum Gasteiger partial charge on any atom is 0.240 e. The SMILES string of the molecule is NCCOC1CCN(c2ccccc2S(N)(=O)=O)CC1. The first-order chi connectivity index (χ1) is 9.52. The lowest BCUT2D eigenvalue weighted by atomic mass is 10.1. The summed E-state index contributed by atoms with van der Waals surface area (Å²) in [5.74, 6) is 0. The molecule has 1 heterocycles. The normalized spacial score (nSPS) is 17.4. The number of piperidine rings is 1. The number of primary sulfonamides is 1. The third-order valence-corrected chi connectivity index (χ3v) is 4.38. The topological polar surface area (TPSA) is 98.7 Å². The minimum atomic E-state index is -3.70. The third kappa shape index (κ3) is 3.69. The molecule has 0 saturated carbocycles. The zero-order valence-corrected chi connectivity index (χ0v) is 12.2. The molecule has 0 unspecified atom stereocenters. The van der Waals surface area contributed by atoms with Crippen LogP contribution in [0.1, 0.15) is 12.8 Å². The molecule has 1 aliphatic heterocycles. The zero-order chi connectivity index (χ0) is 14.6. The van der Waals surface area contributed by atoms with Crippen LogP contribution in [0.3, 0.4) is 0 Å². The van der Waals surface area contributed by atoms with Gasteiger partial charge in [0, 0.05) is 19.6 Å². The summed E-state index contributed by atoms with van der Waals surface area (Å²) < 4.78 is 28.8. The summed E-state index contributed by atoms with van der Waals surface area (Å²) in [4.78, 5) is 2.23. The van der Waals surface area contributed by atoms with Crippen molar-refractivity contribution in [2.24, 2.45) is 10.9 Å². The summed E-state index contributed by atoms with van der Waals surface area (Å²) in [7, 11) is -3.70. The van der Waals surface area contributed by atoms with Gasteiger partial charge in [-0.25, -0.2) is 13.6 Å². The number of para-hydroxylation sites is 1. The van der Waals surface area contributed by atoms with E-state index < -0.39 is 10.0 Å². The first-order valence-electron chi connectivity index (χ1n) is 6.71. The van der Waals surface area contributed by atoms with Gasteiger partial charge in [-0.15, -0.1) is 0 Å². The predicted octanol–water partition coefficient (Wildman–Crippen LogP) is 0.278. The zero-order valence-electron chi connectivity index (χ0n) is 11.4. The molecule has 2 rings (SSSR count). The van der Waals surface area contributed by atoms with Crippen molar-refractivity contribution in [1.82, 2.24) is 0 Å². The van der Waals surface area contributed by atoms with E-state index in [4.69, 9.17) is 15.6 Å². The standard InChI is InChI=1S/C13H21N3O3S/c14-7-10-19-11-5-8-16(9-6-11)12-3-1-2-4-13(12)20(15,17)18/h1-4,11H,5-10,14H2,(H2,15,17,18). The number of benzene rings is 1. The maximum absolute atomic E-state index is 11.6. The minimum Gasteiger partial charge on any atom is -0.377 e. The van der Waals surface area contributed by atoms with Crippen molar-refractivity contribution in [3.05, 3.63) is 24.3 Å². The second kappa shape index (κ2) is 6.53. The molecular formula is C13H21N3O3S. The highest BCUT2D eigenvalue weighted by molar-refractivity contribution is 7.89. The minimum absolute atomic E-state index is 0.182. The first-order valence-corrected chi connectivity index (χ1v) is 8.25. The Labute approximate surface area is 119 Å². The highest BCUT2D eigenvalue weighted by Crippen LogP contribution is 2.27. The highest BCUT2D eigenvalue weighted by Gasteiger charge is 2.23. The molecule has 0 spiro atoms. The quantitative estimate of drug-likeness (QED) is 0.813. The van der Waals surface area contributed by atoms with E-state index in [-0.39, 0.29) is 11.0 Å². The van der Waals surface area contributed by atoms with Crippen LogP contribution in [-0.4, -0.2) is 40.8 Å². The summed E-state index contributed by atoms with van der Waals surface area (Å²) in [5.41, 5.74) is 6.09. The second-order valence-corrected chi connectivity index (χ2v) is 6.39. The Hall–Kier alpha value is -1.15. The van der Waals surface area contributed by atoms with Gasteiger partial charge in [-0.05, 0) is 25.0 Å². The van der Waals surface area contributed by atoms with Crippen LogP contribution in [0.25, 0.3) is 0 Å². The van der Waals surface area contributed by atoms with Gasteiger partial charge in [-0.3, -0.25) is 0 Å². The van der Waals surface area contributed by atoms with E-state index in [0.29, 0.717) is 18.8 Å². The second-order valence-electron chi connectivity index (χ2n) is 4.86. The lowest BCUT2D eigenvalue weighted by molar-refractivity contribution is 0.0421. The van der Waals surface area contributed by atoms with Crippen molar-refractivity contribution in [3.63, 3.8) is 0 Å². The Morgan fingerprint density at radius 1 is 1.25 bits per heavy atom. The van der Waals surface area contributed by atoms with Gasteiger partial charge in [-0.2, -0.15) is 0 Å². The molecular weight excluding hydrogens is 278 g/mol. The molecule has 0 atom stereocenters. The molecule has 1 fully saturated rings. The lowest BCUT2D eigenvalue weighted by Gasteiger charge is -2.34. The van der Waals surface area contributed by atoms with Gasteiger partial charge in [0.05, 0.1) is 18.4 Å². The summed E-state index contributed by atoms with van der Waals surface area (Å²) in [6.07, 6.45) is 1.93. The largest absolute Gasteiger partial charge is 0.377 e. The van der Waals surface area contributed by atoms with E-state index in [9.17, 15) is 8.42 Å². The number of ether oxygens (including phenoxy) is 1. The van der Waals surface area contributed by atoms with Crippen LogP contribution in [0.5, 0.6) is 0 Å². The highest BCUT2D eigenvalue weighted by atomic mass is 32.2. The van der Waals surface area contributed by atoms with Gasteiger partial charge >= 0.3 is 0 Å². The van der Waals surface area contributed by atoms with E-state index in [2.05, 4.69) is 0 Å². The molecule has 0 aliphatic carbocycles. The molecule has 6 nitrogen and oxygen atoms in total. The summed E-state index contributed by atoms with van der Waals surface area (Å²) >= 11 is 0.